The first-order chi connectivity index (χ1) is 10.2. The number of hydrogen-bond acceptors (Lipinski definition) is 2. The van der Waals surface area contributed by atoms with Crippen LogP contribution in [-0.4, -0.2) is 16.2 Å². The molecule has 0 bridgehead atoms. The number of carbonyl (C=O) groups is 1. The predicted molar refractivity (Wildman–Crippen MR) is 87.4 cm³/mol. The highest BCUT2D eigenvalue weighted by Crippen LogP contribution is 2.30. The minimum Gasteiger partial charge on any atom is -0.369 e. The molecule has 21 heavy (non-hydrogen) atoms. The first-order valence-corrected chi connectivity index (χ1v) is 7.75. The molecule has 0 fully saturated rings. The number of para-hydroxylation sites is 1. The molecular formula is C17H16N2OS. The minimum absolute atomic E-state index is 0.292. The van der Waals surface area contributed by atoms with E-state index in [9.17, 15) is 4.79 Å². The average molecular weight is 296 g/mol. The van der Waals surface area contributed by atoms with Crippen LogP contribution in [0.5, 0.6) is 0 Å². The third kappa shape index (κ3) is 3.11. The molecule has 2 N–H and O–H groups in total. The van der Waals surface area contributed by atoms with Gasteiger partial charge in [-0.2, -0.15) is 0 Å². The van der Waals surface area contributed by atoms with Crippen LogP contribution in [0.3, 0.4) is 0 Å². The van der Waals surface area contributed by atoms with Gasteiger partial charge in [-0.25, -0.2) is 0 Å². The van der Waals surface area contributed by atoms with Crippen LogP contribution in [0.25, 0.3) is 10.9 Å². The van der Waals surface area contributed by atoms with Crippen molar-refractivity contribution in [2.24, 2.45) is 5.73 Å². The van der Waals surface area contributed by atoms with Gasteiger partial charge in [0, 0.05) is 28.5 Å². The lowest BCUT2D eigenvalue weighted by molar-refractivity contribution is -0.115. The van der Waals surface area contributed by atoms with Crippen molar-refractivity contribution in [3.8, 4) is 0 Å². The summed E-state index contributed by atoms with van der Waals surface area (Å²) in [6.07, 6.45) is 2.10. The fourth-order valence-electron chi connectivity index (χ4n) is 2.39. The SMILES string of the molecule is NC(=O)CSc1cn(Cc2ccccc2)c2ccccc12. The molecule has 3 nitrogen and oxygen atoms in total. The Morgan fingerprint density at radius 2 is 1.76 bits per heavy atom. The number of nitrogens with two attached hydrogens (primary N) is 1. The molecule has 0 saturated carbocycles. The van der Waals surface area contributed by atoms with Crippen molar-refractivity contribution >= 4 is 28.6 Å². The van der Waals surface area contributed by atoms with Crippen molar-refractivity contribution in [2.45, 2.75) is 11.4 Å². The second-order valence-corrected chi connectivity index (χ2v) is 5.90. The highest BCUT2D eigenvalue weighted by atomic mass is 32.2. The van der Waals surface area contributed by atoms with E-state index in [1.54, 1.807) is 0 Å². The number of primary amides is 1. The Hall–Kier alpha value is -2.20. The molecule has 0 aliphatic carbocycles. The summed E-state index contributed by atoms with van der Waals surface area (Å²) in [5.41, 5.74) is 7.68. The topological polar surface area (TPSA) is 48.0 Å². The Labute approximate surface area is 127 Å². The standard InChI is InChI=1S/C17H16N2OS/c18-17(20)12-21-16-11-19(10-13-6-2-1-3-7-13)15-9-5-4-8-14(15)16/h1-9,11H,10,12H2,(H2,18,20). The summed E-state index contributed by atoms with van der Waals surface area (Å²) in [7, 11) is 0. The Bertz CT molecular complexity index is 765. The van der Waals surface area contributed by atoms with E-state index in [2.05, 4.69) is 35.0 Å². The van der Waals surface area contributed by atoms with Crippen LogP contribution in [0.2, 0.25) is 0 Å². The molecule has 0 aliphatic rings. The van der Waals surface area contributed by atoms with Crippen LogP contribution in [0.15, 0.2) is 65.7 Å². The monoisotopic (exact) mass is 296 g/mol. The number of amides is 1. The van der Waals surface area contributed by atoms with E-state index in [0.717, 1.165) is 11.4 Å². The van der Waals surface area contributed by atoms with Crippen LogP contribution in [-0.2, 0) is 11.3 Å². The molecule has 1 aromatic heterocycles. The molecule has 0 saturated heterocycles. The van der Waals surface area contributed by atoms with E-state index in [0.29, 0.717) is 5.75 Å². The maximum atomic E-state index is 11.0. The minimum atomic E-state index is -0.292. The molecule has 0 aliphatic heterocycles. The summed E-state index contributed by atoms with van der Waals surface area (Å²) < 4.78 is 2.22. The zero-order valence-corrected chi connectivity index (χ0v) is 12.3. The summed E-state index contributed by atoms with van der Waals surface area (Å²) in [5, 5.41) is 1.17. The number of carbonyl (C=O) groups excluding carboxylic acids is 1. The first-order valence-electron chi connectivity index (χ1n) is 6.77. The quantitative estimate of drug-likeness (QED) is 0.735. The molecule has 0 unspecified atom stereocenters. The molecule has 1 heterocycles. The lowest BCUT2D eigenvalue weighted by Gasteiger charge is -2.05. The third-order valence-corrected chi connectivity index (χ3v) is 4.38. The zero-order valence-electron chi connectivity index (χ0n) is 11.5. The Morgan fingerprint density at radius 1 is 1.05 bits per heavy atom. The summed E-state index contributed by atoms with van der Waals surface area (Å²) >= 11 is 1.49. The van der Waals surface area contributed by atoms with Gasteiger partial charge in [0.1, 0.15) is 0 Å². The molecule has 3 rings (SSSR count). The van der Waals surface area contributed by atoms with Crippen LogP contribution < -0.4 is 5.73 Å². The molecule has 1 amide bonds. The largest absolute Gasteiger partial charge is 0.369 e. The number of aromatic nitrogens is 1. The van der Waals surface area contributed by atoms with E-state index >= 15 is 0 Å². The molecule has 4 heteroatoms. The molecule has 0 radical (unpaired) electrons. The van der Waals surface area contributed by atoms with Crippen molar-refractivity contribution in [1.29, 1.82) is 0 Å². The zero-order chi connectivity index (χ0) is 14.7. The number of hydrogen-bond donors (Lipinski definition) is 1. The second kappa shape index (κ2) is 6.06. The fraction of sp³-hybridized carbons (Fsp3) is 0.118. The summed E-state index contributed by atoms with van der Waals surface area (Å²) in [4.78, 5) is 12.1. The van der Waals surface area contributed by atoms with E-state index in [4.69, 9.17) is 5.73 Å². The molecule has 2 aromatic carbocycles. The fourth-order valence-corrected chi connectivity index (χ4v) is 3.22. The van der Waals surface area contributed by atoms with Gasteiger partial charge in [-0.1, -0.05) is 48.5 Å². The lowest BCUT2D eigenvalue weighted by Crippen LogP contribution is -2.12. The van der Waals surface area contributed by atoms with Crippen molar-refractivity contribution in [2.75, 3.05) is 5.75 Å². The maximum absolute atomic E-state index is 11.0. The van der Waals surface area contributed by atoms with E-state index in [-0.39, 0.29) is 5.91 Å². The highest BCUT2D eigenvalue weighted by Gasteiger charge is 2.09. The normalized spacial score (nSPS) is 10.9. The van der Waals surface area contributed by atoms with E-state index in [1.807, 2.05) is 30.3 Å². The van der Waals surface area contributed by atoms with Crippen LogP contribution >= 0.6 is 11.8 Å². The summed E-state index contributed by atoms with van der Waals surface area (Å²) in [5.74, 6) is 0.0131. The summed E-state index contributed by atoms with van der Waals surface area (Å²) in [6.45, 7) is 0.818. The number of nitrogens with zero attached hydrogens (tertiary/aromatic N) is 1. The van der Waals surface area contributed by atoms with Gasteiger partial charge < -0.3 is 10.3 Å². The van der Waals surface area contributed by atoms with Crippen molar-refractivity contribution in [3.63, 3.8) is 0 Å². The van der Waals surface area contributed by atoms with Gasteiger partial charge in [0.05, 0.1) is 5.75 Å². The van der Waals surface area contributed by atoms with Gasteiger partial charge in [-0.3, -0.25) is 4.79 Å². The predicted octanol–water partition coefficient (Wildman–Crippen LogP) is 3.27. The second-order valence-electron chi connectivity index (χ2n) is 4.88. The molecular weight excluding hydrogens is 280 g/mol. The number of thioether (sulfide) groups is 1. The third-order valence-electron chi connectivity index (χ3n) is 3.32. The Morgan fingerprint density at radius 3 is 2.52 bits per heavy atom. The average Bonchev–Trinajstić information content (AvgIpc) is 2.85. The molecule has 3 aromatic rings. The van der Waals surface area contributed by atoms with Crippen molar-refractivity contribution < 1.29 is 4.79 Å². The van der Waals surface area contributed by atoms with Crippen LogP contribution in [0, 0.1) is 0 Å². The number of rotatable bonds is 5. The number of fused-ring (bicyclic) bond motifs is 1. The summed E-state index contributed by atoms with van der Waals surface area (Å²) in [6, 6.07) is 18.6. The van der Waals surface area contributed by atoms with E-state index in [1.165, 1.54) is 28.2 Å². The Balaban J connectivity index is 1.96. The van der Waals surface area contributed by atoms with Gasteiger partial charge in [-0.05, 0) is 11.6 Å². The maximum Gasteiger partial charge on any atom is 0.227 e. The first kappa shape index (κ1) is 13.8. The van der Waals surface area contributed by atoms with Gasteiger partial charge in [0.25, 0.3) is 0 Å². The number of benzene rings is 2. The highest BCUT2D eigenvalue weighted by molar-refractivity contribution is 8.00. The smallest absolute Gasteiger partial charge is 0.227 e. The van der Waals surface area contributed by atoms with Gasteiger partial charge in [0.15, 0.2) is 0 Å². The Kier molecular flexibility index (Phi) is 3.97. The van der Waals surface area contributed by atoms with E-state index < -0.39 is 0 Å². The van der Waals surface area contributed by atoms with Gasteiger partial charge in [0.2, 0.25) is 5.91 Å². The molecule has 106 valence electrons. The molecule has 0 spiro atoms. The van der Waals surface area contributed by atoms with Gasteiger partial charge >= 0.3 is 0 Å². The van der Waals surface area contributed by atoms with Crippen molar-refractivity contribution in [3.05, 3.63) is 66.4 Å². The molecule has 0 atom stereocenters. The van der Waals surface area contributed by atoms with Gasteiger partial charge in [-0.15, -0.1) is 11.8 Å². The lowest BCUT2D eigenvalue weighted by atomic mass is 10.2. The van der Waals surface area contributed by atoms with Crippen LogP contribution in [0.4, 0.5) is 0 Å². The van der Waals surface area contributed by atoms with Crippen molar-refractivity contribution in [1.82, 2.24) is 4.57 Å². The van der Waals surface area contributed by atoms with Crippen LogP contribution in [0.1, 0.15) is 5.56 Å².